The van der Waals surface area contributed by atoms with Gasteiger partial charge in [-0.2, -0.15) is 0 Å². The first-order valence-electron chi connectivity index (χ1n) is 7.55. The third-order valence-electron chi connectivity index (χ3n) is 3.85. The van der Waals surface area contributed by atoms with Gasteiger partial charge in [-0.25, -0.2) is 4.79 Å². The van der Waals surface area contributed by atoms with Gasteiger partial charge in [-0.15, -0.1) is 0 Å². The van der Waals surface area contributed by atoms with Crippen molar-refractivity contribution >= 4 is 29.4 Å². The van der Waals surface area contributed by atoms with Crippen molar-refractivity contribution in [3.05, 3.63) is 34.9 Å². The van der Waals surface area contributed by atoms with Crippen LogP contribution < -0.4 is 10.6 Å². The third-order valence-corrected chi connectivity index (χ3v) is 4.10. The lowest BCUT2D eigenvalue weighted by Crippen LogP contribution is -2.43. The minimum absolute atomic E-state index is 0.280. The number of imide groups is 1. The van der Waals surface area contributed by atoms with Crippen molar-refractivity contribution < 1.29 is 14.4 Å². The zero-order valence-electron chi connectivity index (χ0n) is 13.2. The summed E-state index contributed by atoms with van der Waals surface area (Å²) in [6.45, 7) is 3.89. The molecule has 0 unspecified atom stereocenters. The van der Waals surface area contributed by atoms with Crippen LogP contribution in [-0.2, 0) is 15.1 Å². The van der Waals surface area contributed by atoms with Crippen molar-refractivity contribution in [2.24, 2.45) is 0 Å². The molecular formula is C16H20ClN3O3. The lowest BCUT2D eigenvalue weighted by molar-refractivity contribution is -0.134. The van der Waals surface area contributed by atoms with Crippen LogP contribution in [-0.4, -0.2) is 35.8 Å². The molecule has 2 rings (SSSR count). The van der Waals surface area contributed by atoms with Crippen LogP contribution >= 0.6 is 11.6 Å². The van der Waals surface area contributed by atoms with Crippen LogP contribution in [0.5, 0.6) is 0 Å². The van der Waals surface area contributed by atoms with Crippen molar-refractivity contribution in [3.63, 3.8) is 0 Å². The SMILES string of the molecule is CCCCNC(=O)CN1C(=O)N[C@@](C)(c2ccc(Cl)cc2)C1=O. The third kappa shape index (κ3) is 3.64. The Morgan fingerprint density at radius 1 is 1.30 bits per heavy atom. The van der Waals surface area contributed by atoms with Crippen molar-refractivity contribution in [2.75, 3.05) is 13.1 Å². The molecule has 1 heterocycles. The number of urea groups is 1. The Balaban J connectivity index is 2.10. The number of rotatable bonds is 6. The molecule has 1 aliphatic heterocycles. The first-order chi connectivity index (χ1) is 10.9. The topological polar surface area (TPSA) is 78.5 Å². The van der Waals surface area contributed by atoms with E-state index in [4.69, 9.17) is 11.6 Å². The minimum Gasteiger partial charge on any atom is -0.355 e. The molecule has 0 aromatic heterocycles. The standard InChI is InChI=1S/C16H20ClN3O3/c1-3-4-9-18-13(21)10-20-14(22)16(2,19-15(20)23)11-5-7-12(17)8-6-11/h5-8H,3-4,9-10H2,1-2H3,(H,18,21)(H,19,23)/t16-/m0/s1. The number of unbranched alkanes of at least 4 members (excludes halogenated alkanes) is 1. The largest absolute Gasteiger partial charge is 0.355 e. The quantitative estimate of drug-likeness (QED) is 0.615. The number of nitrogens with one attached hydrogen (secondary N) is 2. The van der Waals surface area contributed by atoms with Crippen LogP contribution in [0.3, 0.4) is 0 Å². The van der Waals surface area contributed by atoms with Gasteiger partial charge in [0, 0.05) is 11.6 Å². The Morgan fingerprint density at radius 3 is 2.57 bits per heavy atom. The first-order valence-corrected chi connectivity index (χ1v) is 7.93. The number of nitrogens with zero attached hydrogens (tertiary/aromatic N) is 1. The zero-order chi connectivity index (χ0) is 17.0. The highest BCUT2D eigenvalue weighted by atomic mass is 35.5. The summed E-state index contributed by atoms with van der Waals surface area (Å²) >= 11 is 5.85. The van der Waals surface area contributed by atoms with Crippen molar-refractivity contribution in [1.29, 1.82) is 0 Å². The predicted molar refractivity (Wildman–Crippen MR) is 87.0 cm³/mol. The van der Waals surface area contributed by atoms with E-state index in [2.05, 4.69) is 10.6 Å². The number of benzene rings is 1. The summed E-state index contributed by atoms with van der Waals surface area (Å²) in [6, 6.07) is 6.11. The maximum atomic E-state index is 12.6. The number of halogens is 1. The van der Waals surface area contributed by atoms with Gasteiger partial charge in [0.25, 0.3) is 5.91 Å². The molecule has 0 saturated carbocycles. The van der Waals surface area contributed by atoms with E-state index >= 15 is 0 Å². The average Bonchev–Trinajstić information content (AvgIpc) is 2.72. The lowest BCUT2D eigenvalue weighted by Gasteiger charge is -2.22. The second kappa shape index (κ2) is 7.00. The summed E-state index contributed by atoms with van der Waals surface area (Å²) < 4.78 is 0. The van der Waals surface area contributed by atoms with Crippen molar-refractivity contribution in [3.8, 4) is 0 Å². The molecule has 124 valence electrons. The maximum absolute atomic E-state index is 12.6. The Morgan fingerprint density at radius 2 is 1.96 bits per heavy atom. The van der Waals surface area contributed by atoms with Gasteiger partial charge in [0.15, 0.2) is 0 Å². The summed E-state index contributed by atoms with van der Waals surface area (Å²) in [5, 5.41) is 5.89. The summed E-state index contributed by atoms with van der Waals surface area (Å²) in [7, 11) is 0. The summed E-state index contributed by atoms with van der Waals surface area (Å²) in [4.78, 5) is 37.5. The minimum atomic E-state index is -1.19. The fourth-order valence-electron chi connectivity index (χ4n) is 2.42. The molecule has 23 heavy (non-hydrogen) atoms. The first kappa shape index (κ1) is 17.3. The second-order valence-electron chi connectivity index (χ2n) is 5.66. The van der Waals surface area contributed by atoms with E-state index in [0.29, 0.717) is 17.1 Å². The molecule has 1 atom stereocenters. The van der Waals surface area contributed by atoms with Crippen LogP contribution in [0, 0.1) is 0 Å². The van der Waals surface area contributed by atoms with E-state index in [1.54, 1.807) is 31.2 Å². The highest BCUT2D eigenvalue weighted by Crippen LogP contribution is 2.29. The van der Waals surface area contributed by atoms with Gasteiger partial charge >= 0.3 is 6.03 Å². The number of hydrogen-bond donors (Lipinski definition) is 2. The summed E-state index contributed by atoms with van der Waals surface area (Å²) in [6.07, 6.45) is 1.81. The Bertz CT molecular complexity index is 618. The number of carbonyl (C=O) groups excluding carboxylic acids is 3. The molecule has 2 N–H and O–H groups in total. The molecule has 7 heteroatoms. The monoisotopic (exact) mass is 337 g/mol. The Kier molecular flexibility index (Phi) is 5.26. The molecule has 0 bridgehead atoms. The molecule has 1 aromatic carbocycles. The molecule has 0 aliphatic carbocycles. The highest BCUT2D eigenvalue weighted by Gasteiger charge is 2.49. The maximum Gasteiger partial charge on any atom is 0.325 e. The van der Waals surface area contributed by atoms with E-state index in [-0.39, 0.29) is 12.5 Å². The van der Waals surface area contributed by atoms with Gasteiger partial charge in [0.05, 0.1) is 0 Å². The zero-order valence-corrected chi connectivity index (χ0v) is 13.9. The Labute approximate surface area is 140 Å². The number of amides is 4. The van der Waals surface area contributed by atoms with Crippen LogP contribution in [0.4, 0.5) is 4.79 Å². The normalized spacial score (nSPS) is 20.6. The molecule has 0 radical (unpaired) electrons. The fraction of sp³-hybridized carbons (Fsp3) is 0.438. The van der Waals surface area contributed by atoms with Crippen LogP contribution in [0.1, 0.15) is 32.3 Å². The van der Waals surface area contributed by atoms with Gasteiger partial charge in [-0.05, 0) is 31.0 Å². The number of carbonyl (C=O) groups is 3. The lowest BCUT2D eigenvalue weighted by atomic mass is 9.92. The van der Waals surface area contributed by atoms with Crippen molar-refractivity contribution in [1.82, 2.24) is 15.5 Å². The van der Waals surface area contributed by atoms with Crippen molar-refractivity contribution in [2.45, 2.75) is 32.2 Å². The van der Waals surface area contributed by atoms with E-state index in [9.17, 15) is 14.4 Å². The molecule has 0 spiro atoms. The molecule has 1 aliphatic rings. The predicted octanol–water partition coefficient (Wildman–Crippen LogP) is 2.02. The highest BCUT2D eigenvalue weighted by molar-refractivity contribution is 6.30. The molecule has 1 fully saturated rings. The van der Waals surface area contributed by atoms with Crippen LogP contribution in [0.15, 0.2) is 24.3 Å². The molecule has 6 nitrogen and oxygen atoms in total. The van der Waals surface area contributed by atoms with Gasteiger partial charge in [0.1, 0.15) is 12.1 Å². The fourth-order valence-corrected chi connectivity index (χ4v) is 2.55. The van der Waals surface area contributed by atoms with Gasteiger partial charge in [0.2, 0.25) is 5.91 Å². The molecule has 1 saturated heterocycles. The van der Waals surface area contributed by atoms with Gasteiger partial charge in [-0.1, -0.05) is 37.1 Å². The summed E-state index contributed by atoms with van der Waals surface area (Å²) in [5.74, 6) is -0.794. The molecular weight excluding hydrogens is 318 g/mol. The second-order valence-corrected chi connectivity index (χ2v) is 6.09. The number of hydrogen-bond acceptors (Lipinski definition) is 3. The van der Waals surface area contributed by atoms with E-state index in [0.717, 1.165) is 17.7 Å². The average molecular weight is 338 g/mol. The van der Waals surface area contributed by atoms with Crippen LogP contribution in [0.2, 0.25) is 5.02 Å². The van der Waals surface area contributed by atoms with Crippen LogP contribution in [0.25, 0.3) is 0 Å². The molecule has 1 aromatic rings. The van der Waals surface area contributed by atoms with Gasteiger partial charge in [-0.3, -0.25) is 14.5 Å². The Hall–Kier alpha value is -2.08. The van der Waals surface area contributed by atoms with E-state index in [1.165, 1.54) is 0 Å². The van der Waals surface area contributed by atoms with Gasteiger partial charge < -0.3 is 10.6 Å². The molecule has 4 amide bonds. The van der Waals surface area contributed by atoms with E-state index < -0.39 is 17.5 Å². The summed E-state index contributed by atoms with van der Waals surface area (Å²) in [5.41, 5.74) is -0.570. The smallest absolute Gasteiger partial charge is 0.325 e. The van der Waals surface area contributed by atoms with E-state index in [1.807, 2.05) is 6.92 Å².